The molecule has 0 aliphatic rings. The number of benzene rings is 1. The van der Waals surface area contributed by atoms with Gasteiger partial charge in [0.1, 0.15) is 0 Å². The molecular weight excluding hydrogens is 264 g/mol. The number of aryl methyl sites for hydroxylation is 2. The first-order valence-electron chi connectivity index (χ1n) is 6.11. The number of hydrogen-bond donors (Lipinski definition) is 1. The van der Waals surface area contributed by atoms with Gasteiger partial charge in [-0.2, -0.15) is 5.10 Å². The molecule has 100 valence electrons. The van der Waals surface area contributed by atoms with Crippen LogP contribution in [0.15, 0.2) is 24.3 Å². The Hall–Kier alpha value is -1.81. The lowest BCUT2D eigenvalue weighted by Gasteiger charge is -2.08. The quantitative estimate of drug-likeness (QED) is 0.931. The van der Waals surface area contributed by atoms with E-state index < -0.39 is 5.97 Å². The highest BCUT2D eigenvalue weighted by molar-refractivity contribution is 6.31. The van der Waals surface area contributed by atoms with Crippen molar-refractivity contribution in [2.45, 2.75) is 26.7 Å². The van der Waals surface area contributed by atoms with Crippen LogP contribution in [0, 0.1) is 6.92 Å². The SMILES string of the molecule is CCCc1cc(C(=O)O)nn1-c1ccc(C)c(Cl)c1. The molecule has 0 fully saturated rings. The third kappa shape index (κ3) is 2.79. The van der Waals surface area contributed by atoms with Gasteiger partial charge in [-0.3, -0.25) is 0 Å². The average molecular weight is 279 g/mol. The molecule has 0 aliphatic heterocycles. The van der Waals surface area contributed by atoms with Crippen LogP contribution in [0.1, 0.15) is 35.1 Å². The van der Waals surface area contributed by atoms with Crippen LogP contribution < -0.4 is 0 Å². The van der Waals surface area contributed by atoms with Crippen molar-refractivity contribution in [2.24, 2.45) is 0 Å². The van der Waals surface area contributed by atoms with E-state index in [2.05, 4.69) is 5.10 Å². The third-order valence-electron chi connectivity index (χ3n) is 2.91. The van der Waals surface area contributed by atoms with Crippen molar-refractivity contribution in [3.05, 3.63) is 46.2 Å². The van der Waals surface area contributed by atoms with Crippen LogP contribution in [0.2, 0.25) is 5.02 Å². The van der Waals surface area contributed by atoms with Crippen LogP contribution in [0.25, 0.3) is 5.69 Å². The summed E-state index contributed by atoms with van der Waals surface area (Å²) in [6.07, 6.45) is 1.69. The van der Waals surface area contributed by atoms with Crippen LogP contribution in [0.5, 0.6) is 0 Å². The van der Waals surface area contributed by atoms with Gasteiger partial charge in [-0.25, -0.2) is 9.48 Å². The van der Waals surface area contributed by atoms with Gasteiger partial charge in [-0.1, -0.05) is 31.0 Å². The lowest BCUT2D eigenvalue weighted by atomic mass is 10.2. The molecule has 19 heavy (non-hydrogen) atoms. The molecule has 5 heteroatoms. The fourth-order valence-corrected chi connectivity index (χ4v) is 2.07. The maximum Gasteiger partial charge on any atom is 0.356 e. The summed E-state index contributed by atoms with van der Waals surface area (Å²) in [6.45, 7) is 3.96. The molecule has 1 aromatic heterocycles. The minimum atomic E-state index is -1.02. The van der Waals surface area contributed by atoms with Crippen molar-refractivity contribution in [3.63, 3.8) is 0 Å². The van der Waals surface area contributed by atoms with Gasteiger partial charge in [0, 0.05) is 10.7 Å². The second kappa shape index (κ2) is 5.45. The van der Waals surface area contributed by atoms with E-state index >= 15 is 0 Å². The molecule has 1 aromatic carbocycles. The Labute approximate surface area is 116 Å². The van der Waals surface area contributed by atoms with E-state index in [0.717, 1.165) is 29.8 Å². The van der Waals surface area contributed by atoms with Gasteiger partial charge in [0.2, 0.25) is 0 Å². The van der Waals surface area contributed by atoms with Gasteiger partial charge in [-0.15, -0.1) is 0 Å². The first-order valence-corrected chi connectivity index (χ1v) is 6.49. The molecule has 0 radical (unpaired) electrons. The zero-order valence-electron chi connectivity index (χ0n) is 10.9. The Morgan fingerprint density at radius 1 is 1.42 bits per heavy atom. The second-order valence-corrected chi connectivity index (χ2v) is 4.83. The predicted molar refractivity (Wildman–Crippen MR) is 74.3 cm³/mol. The number of halogens is 1. The van der Waals surface area contributed by atoms with Gasteiger partial charge >= 0.3 is 5.97 Å². The van der Waals surface area contributed by atoms with Gasteiger partial charge in [0.05, 0.1) is 5.69 Å². The predicted octanol–water partition coefficient (Wildman–Crippen LogP) is 3.48. The summed E-state index contributed by atoms with van der Waals surface area (Å²) >= 11 is 6.11. The Kier molecular flexibility index (Phi) is 3.90. The van der Waals surface area contributed by atoms with Gasteiger partial charge in [0.25, 0.3) is 0 Å². The van der Waals surface area contributed by atoms with Crippen LogP contribution in [0.4, 0.5) is 0 Å². The lowest BCUT2D eigenvalue weighted by molar-refractivity contribution is 0.0690. The molecule has 2 rings (SSSR count). The molecule has 1 N–H and O–H groups in total. The Bertz CT molecular complexity index is 620. The van der Waals surface area contributed by atoms with Crippen molar-refractivity contribution < 1.29 is 9.90 Å². The molecule has 0 atom stereocenters. The van der Waals surface area contributed by atoms with Gasteiger partial charge in [-0.05, 0) is 37.1 Å². The largest absolute Gasteiger partial charge is 0.476 e. The third-order valence-corrected chi connectivity index (χ3v) is 3.32. The minimum Gasteiger partial charge on any atom is -0.476 e. The molecule has 0 saturated heterocycles. The van der Waals surface area contributed by atoms with Crippen molar-refractivity contribution in [2.75, 3.05) is 0 Å². The highest BCUT2D eigenvalue weighted by Gasteiger charge is 2.14. The Morgan fingerprint density at radius 2 is 2.16 bits per heavy atom. The molecule has 0 unspecified atom stereocenters. The van der Waals surface area contributed by atoms with E-state index in [4.69, 9.17) is 16.7 Å². The zero-order valence-corrected chi connectivity index (χ0v) is 11.6. The molecule has 4 nitrogen and oxygen atoms in total. The van der Waals surface area contributed by atoms with Crippen molar-refractivity contribution in [1.29, 1.82) is 0 Å². The fraction of sp³-hybridized carbons (Fsp3) is 0.286. The Morgan fingerprint density at radius 3 is 2.74 bits per heavy atom. The van der Waals surface area contributed by atoms with Crippen LogP contribution in [0.3, 0.4) is 0 Å². The van der Waals surface area contributed by atoms with E-state index in [9.17, 15) is 4.79 Å². The molecule has 1 heterocycles. The van der Waals surface area contributed by atoms with Crippen molar-refractivity contribution >= 4 is 17.6 Å². The van der Waals surface area contributed by atoms with E-state index in [1.54, 1.807) is 16.8 Å². The Balaban J connectivity index is 2.52. The number of rotatable bonds is 4. The van der Waals surface area contributed by atoms with Gasteiger partial charge in [0.15, 0.2) is 5.69 Å². The monoisotopic (exact) mass is 278 g/mol. The van der Waals surface area contributed by atoms with E-state index in [0.29, 0.717) is 5.02 Å². The van der Waals surface area contributed by atoms with Crippen molar-refractivity contribution in [1.82, 2.24) is 9.78 Å². The highest BCUT2D eigenvalue weighted by Crippen LogP contribution is 2.21. The standard InChI is InChI=1S/C14H15ClN2O2/c1-3-4-10-8-13(14(18)19)16-17(10)11-6-5-9(2)12(15)7-11/h5-8H,3-4H2,1-2H3,(H,18,19). The number of carboxylic acid groups (broad SMARTS) is 1. The summed E-state index contributed by atoms with van der Waals surface area (Å²) in [6, 6.07) is 7.20. The van der Waals surface area contributed by atoms with Crippen LogP contribution in [-0.2, 0) is 6.42 Å². The fourth-order valence-electron chi connectivity index (χ4n) is 1.90. The summed E-state index contributed by atoms with van der Waals surface area (Å²) in [4.78, 5) is 11.0. The highest BCUT2D eigenvalue weighted by atomic mass is 35.5. The number of aromatic nitrogens is 2. The first-order chi connectivity index (χ1) is 9.02. The smallest absolute Gasteiger partial charge is 0.356 e. The second-order valence-electron chi connectivity index (χ2n) is 4.42. The molecule has 0 bridgehead atoms. The summed E-state index contributed by atoms with van der Waals surface area (Å²) in [5.74, 6) is -1.02. The van der Waals surface area contributed by atoms with E-state index in [1.807, 2.05) is 26.0 Å². The van der Waals surface area contributed by atoms with E-state index in [-0.39, 0.29) is 5.69 Å². The molecule has 0 amide bonds. The number of carbonyl (C=O) groups is 1. The van der Waals surface area contributed by atoms with E-state index in [1.165, 1.54) is 0 Å². The topological polar surface area (TPSA) is 55.1 Å². The van der Waals surface area contributed by atoms with Crippen LogP contribution >= 0.6 is 11.6 Å². The molecule has 2 aromatic rings. The normalized spacial score (nSPS) is 10.7. The van der Waals surface area contributed by atoms with Gasteiger partial charge < -0.3 is 5.11 Å². The summed E-state index contributed by atoms with van der Waals surface area (Å²) in [5, 5.41) is 13.8. The maximum absolute atomic E-state index is 11.0. The molecule has 0 spiro atoms. The first kappa shape index (κ1) is 13.6. The lowest BCUT2D eigenvalue weighted by Crippen LogP contribution is -2.04. The molecular formula is C14H15ClN2O2. The minimum absolute atomic E-state index is 0.0557. The summed E-state index contributed by atoms with van der Waals surface area (Å²) in [7, 11) is 0. The average Bonchev–Trinajstić information content (AvgIpc) is 2.77. The maximum atomic E-state index is 11.0. The van der Waals surface area contributed by atoms with Crippen molar-refractivity contribution in [3.8, 4) is 5.69 Å². The van der Waals surface area contributed by atoms with Crippen LogP contribution in [-0.4, -0.2) is 20.9 Å². The zero-order chi connectivity index (χ0) is 14.0. The molecule has 0 aliphatic carbocycles. The summed E-state index contributed by atoms with van der Waals surface area (Å²) < 4.78 is 1.65. The molecule has 0 saturated carbocycles. The number of hydrogen-bond acceptors (Lipinski definition) is 2. The number of aromatic carboxylic acids is 1. The number of carboxylic acids is 1. The summed E-state index contributed by atoms with van der Waals surface area (Å²) in [5.41, 5.74) is 2.69. The number of nitrogens with zero attached hydrogens (tertiary/aromatic N) is 2.